The first-order valence-electron chi connectivity index (χ1n) is 10.6. The van der Waals surface area contributed by atoms with Crippen LogP contribution in [0.2, 0.25) is 0 Å². The highest BCUT2D eigenvalue weighted by molar-refractivity contribution is 5.90. The van der Waals surface area contributed by atoms with E-state index < -0.39 is 0 Å². The molecule has 0 radical (unpaired) electrons. The van der Waals surface area contributed by atoms with Gasteiger partial charge in [-0.2, -0.15) is 0 Å². The maximum absolute atomic E-state index is 12.3. The Morgan fingerprint density at radius 2 is 1.87 bits per heavy atom. The van der Waals surface area contributed by atoms with Crippen molar-refractivity contribution in [1.29, 1.82) is 0 Å². The first kappa shape index (κ1) is 22.8. The molecule has 0 aromatic heterocycles. The van der Waals surface area contributed by atoms with Gasteiger partial charge in [0, 0.05) is 38.3 Å². The van der Waals surface area contributed by atoms with Crippen LogP contribution in [-0.2, 0) is 27.3 Å². The topological polar surface area (TPSA) is 79.9 Å². The monoisotopic (exact) mass is 425 g/mol. The number of nitrogens with one attached hydrogen (secondary N) is 2. The standard InChI is InChI=1S/C24H31N3O4/c1-18-6-7-19(15-22(18)30-2)16-24(29)25-17-20-4-3-5-21(14-20)26-23(28)8-9-27-10-12-31-13-11-27/h3-7,14-15H,8-13,16-17H2,1-2H3,(H,25,29)(H,26,28). The van der Waals surface area contributed by atoms with Crippen LogP contribution in [0.3, 0.4) is 0 Å². The number of carbonyl (C=O) groups is 2. The Kier molecular flexibility index (Phi) is 8.44. The number of hydrogen-bond acceptors (Lipinski definition) is 5. The first-order chi connectivity index (χ1) is 15.0. The molecule has 7 heteroatoms. The molecule has 31 heavy (non-hydrogen) atoms. The molecule has 0 bridgehead atoms. The molecule has 7 nitrogen and oxygen atoms in total. The van der Waals surface area contributed by atoms with E-state index in [0.717, 1.165) is 61.0 Å². The van der Waals surface area contributed by atoms with Crippen molar-refractivity contribution < 1.29 is 19.1 Å². The van der Waals surface area contributed by atoms with Crippen molar-refractivity contribution in [2.45, 2.75) is 26.3 Å². The Morgan fingerprint density at radius 1 is 1.06 bits per heavy atom. The van der Waals surface area contributed by atoms with Crippen molar-refractivity contribution >= 4 is 17.5 Å². The number of hydrogen-bond donors (Lipinski definition) is 2. The van der Waals surface area contributed by atoms with Gasteiger partial charge in [-0.1, -0.05) is 24.3 Å². The van der Waals surface area contributed by atoms with Gasteiger partial charge in [-0.3, -0.25) is 14.5 Å². The molecule has 2 aromatic rings. The van der Waals surface area contributed by atoms with Crippen molar-refractivity contribution in [2.75, 3.05) is 45.3 Å². The quantitative estimate of drug-likeness (QED) is 0.645. The van der Waals surface area contributed by atoms with E-state index in [1.807, 2.05) is 49.4 Å². The van der Waals surface area contributed by atoms with Gasteiger partial charge in [0.15, 0.2) is 0 Å². The number of amides is 2. The molecule has 2 N–H and O–H groups in total. The number of carbonyl (C=O) groups excluding carboxylic acids is 2. The van der Waals surface area contributed by atoms with E-state index in [-0.39, 0.29) is 18.2 Å². The molecule has 1 fully saturated rings. The van der Waals surface area contributed by atoms with Crippen LogP contribution < -0.4 is 15.4 Å². The van der Waals surface area contributed by atoms with Crippen LogP contribution in [0, 0.1) is 6.92 Å². The van der Waals surface area contributed by atoms with Gasteiger partial charge >= 0.3 is 0 Å². The van der Waals surface area contributed by atoms with Crippen LogP contribution in [0.5, 0.6) is 5.75 Å². The van der Waals surface area contributed by atoms with E-state index in [1.165, 1.54) is 0 Å². The second-order valence-electron chi connectivity index (χ2n) is 7.71. The zero-order valence-electron chi connectivity index (χ0n) is 18.3. The molecule has 1 saturated heterocycles. The maximum atomic E-state index is 12.3. The Balaban J connectivity index is 1.45. The minimum atomic E-state index is -0.0640. The summed E-state index contributed by atoms with van der Waals surface area (Å²) in [5.74, 6) is 0.703. The van der Waals surface area contributed by atoms with Gasteiger partial charge in [0.1, 0.15) is 5.75 Å². The summed E-state index contributed by atoms with van der Waals surface area (Å²) in [5.41, 5.74) is 3.61. The van der Waals surface area contributed by atoms with Gasteiger partial charge in [-0.15, -0.1) is 0 Å². The number of aryl methyl sites for hydroxylation is 1. The highest BCUT2D eigenvalue weighted by Crippen LogP contribution is 2.19. The highest BCUT2D eigenvalue weighted by atomic mass is 16.5. The number of benzene rings is 2. The Hall–Kier alpha value is -2.90. The Labute approximate surface area is 183 Å². The molecule has 1 aliphatic heterocycles. The van der Waals surface area contributed by atoms with Gasteiger partial charge in [0.05, 0.1) is 26.7 Å². The normalized spacial score (nSPS) is 14.1. The smallest absolute Gasteiger partial charge is 0.225 e. The average molecular weight is 426 g/mol. The fourth-order valence-electron chi connectivity index (χ4n) is 3.49. The Morgan fingerprint density at radius 3 is 2.65 bits per heavy atom. The molecule has 0 aliphatic carbocycles. The van der Waals surface area contributed by atoms with Crippen molar-refractivity contribution in [1.82, 2.24) is 10.2 Å². The van der Waals surface area contributed by atoms with Gasteiger partial charge in [-0.05, 0) is 41.8 Å². The number of ether oxygens (including phenoxy) is 2. The van der Waals surface area contributed by atoms with Crippen molar-refractivity contribution in [3.63, 3.8) is 0 Å². The molecule has 1 aliphatic rings. The van der Waals surface area contributed by atoms with Gasteiger partial charge < -0.3 is 20.1 Å². The molecule has 0 atom stereocenters. The molecular weight excluding hydrogens is 394 g/mol. The van der Waals surface area contributed by atoms with E-state index in [1.54, 1.807) is 7.11 Å². The van der Waals surface area contributed by atoms with Crippen molar-refractivity contribution in [3.05, 3.63) is 59.2 Å². The highest BCUT2D eigenvalue weighted by Gasteiger charge is 2.12. The Bertz CT molecular complexity index is 894. The fourth-order valence-corrected chi connectivity index (χ4v) is 3.49. The molecule has 0 unspecified atom stereocenters. The third kappa shape index (κ3) is 7.38. The van der Waals surface area contributed by atoms with Crippen LogP contribution in [0.15, 0.2) is 42.5 Å². The van der Waals surface area contributed by atoms with Gasteiger partial charge in [0.25, 0.3) is 0 Å². The summed E-state index contributed by atoms with van der Waals surface area (Å²) in [6.45, 7) is 6.31. The fraction of sp³-hybridized carbons (Fsp3) is 0.417. The first-order valence-corrected chi connectivity index (χ1v) is 10.6. The summed E-state index contributed by atoms with van der Waals surface area (Å²) < 4.78 is 10.6. The summed E-state index contributed by atoms with van der Waals surface area (Å²) in [6, 6.07) is 13.3. The summed E-state index contributed by atoms with van der Waals surface area (Å²) in [5, 5.41) is 5.88. The number of nitrogens with zero attached hydrogens (tertiary/aromatic N) is 1. The average Bonchev–Trinajstić information content (AvgIpc) is 2.78. The molecule has 0 saturated carbocycles. The third-order valence-corrected chi connectivity index (χ3v) is 5.30. The van der Waals surface area contributed by atoms with E-state index in [0.29, 0.717) is 13.0 Å². The van der Waals surface area contributed by atoms with E-state index in [9.17, 15) is 9.59 Å². The van der Waals surface area contributed by atoms with E-state index >= 15 is 0 Å². The maximum Gasteiger partial charge on any atom is 0.225 e. The van der Waals surface area contributed by atoms with Gasteiger partial charge in [0.2, 0.25) is 11.8 Å². The number of methoxy groups -OCH3 is 1. The third-order valence-electron chi connectivity index (χ3n) is 5.30. The van der Waals surface area contributed by atoms with E-state index in [2.05, 4.69) is 15.5 Å². The second kappa shape index (κ2) is 11.5. The second-order valence-corrected chi connectivity index (χ2v) is 7.71. The van der Waals surface area contributed by atoms with Crippen LogP contribution in [0.25, 0.3) is 0 Å². The minimum Gasteiger partial charge on any atom is -0.496 e. The zero-order valence-corrected chi connectivity index (χ0v) is 18.3. The lowest BCUT2D eigenvalue weighted by molar-refractivity contribution is -0.120. The lowest BCUT2D eigenvalue weighted by Crippen LogP contribution is -2.38. The summed E-state index contributed by atoms with van der Waals surface area (Å²) in [4.78, 5) is 26.8. The largest absolute Gasteiger partial charge is 0.496 e. The molecule has 1 heterocycles. The van der Waals surface area contributed by atoms with Crippen molar-refractivity contribution in [2.24, 2.45) is 0 Å². The minimum absolute atomic E-state index is 0.0130. The molecular formula is C24H31N3O4. The summed E-state index contributed by atoms with van der Waals surface area (Å²) >= 11 is 0. The summed E-state index contributed by atoms with van der Waals surface area (Å²) in [6.07, 6.45) is 0.732. The van der Waals surface area contributed by atoms with Crippen LogP contribution in [-0.4, -0.2) is 56.7 Å². The molecule has 166 valence electrons. The van der Waals surface area contributed by atoms with Crippen molar-refractivity contribution in [3.8, 4) is 5.75 Å². The lowest BCUT2D eigenvalue weighted by atomic mass is 10.1. The number of morpholine rings is 1. The van der Waals surface area contributed by atoms with Gasteiger partial charge in [-0.25, -0.2) is 0 Å². The van der Waals surface area contributed by atoms with Crippen LogP contribution in [0.1, 0.15) is 23.1 Å². The number of rotatable bonds is 9. The molecule has 3 rings (SSSR count). The molecule has 0 spiro atoms. The molecule has 2 aromatic carbocycles. The SMILES string of the molecule is COc1cc(CC(=O)NCc2cccc(NC(=O)CCN3CCOCC3)c2)ccc1C. The van der Waals surface area contributed by atoms with Crippen LogP contribution in [0.4, 0.5) is 5.69 Å². The number of anilines is 1. The van der Waals surface area contributed by atoms with E-state index in [4.69, 9.17) is 9.47 Å². The summed E-state index contributed by atoms with van der Waals surface area (Å²) in [7, 11) is 1.63. The molecule has 2 amide bonds. The lowest BCUT2D eigenvalue weighted by Gasteiger charge is -2.26. The predicted molar refractivity (Wildman–Crippen MR) is 120 cm³/mol. The predicted octanol–water partition coefficient (Wildman–Crippen LogP) is 2.52. The van der Waals surface area contributed by atoms with Crippen LogP contribution >= 0.6 is 0 Å². The zero-order chi connectivity index (χ0) is 22.1.